The number of nitrogens with one attached hydrogen (secondary N) is 2. The number of nitrogens with two attached hydrogens (primary N) is 1. The van der Waals surface area contributed by atoms with Crippen LogP contribution in [0.1, 0.15) is 45.1 Å². The van der Waals surface area contributed by atoms with Crippen LogP contribution >= 0.6 is 7.44 Å². The number of anilines is 1. The summed E-state index contributed by atoms with van der Waals surface area (Å²) in [5.74, 6) is -1.10. The molecular weight excluding hydrogens is 489 g/mol. The number of imidazole rings is 1. The molecule has 3 aromatic rings. The Morgan fingerprint density at radius 1 is 1.17 bits per heavy atom. The fourth-order valence-electron chi connectivity index (χ4n) is 3.19. The molecule has 0 aliphatic carbocycles. The molecule has 0 radical (unpaired) electrons. The molecule has 1 amide bonds. The van der Waals surface area contributed by atoms with Crippen LogP contribution in [0, 0.1) is 0 Å². The highest BCUT2D eigenvalue weighted by Gasteiger charge is 2.39. The minimum atomic E-state index is -3.86. The largest absolute Gasteiger partial charge is 0.462 e. The van der Waals surface area contributed by atoms with Gasteiger partial charge in [0.15, 0.2) is 11.5 Å². The van der Waals surface area contributed by atoms with E-state index in [-0.39, 0.29) is 17.6 Å². The maximum Gasteiger partial charge on any atom is 0.326 e. The third-order valence-electron chi connectivity index (χ3n) is 4.83. The SMILES string of the molecule is CC(C)OC(=O)C(C)(C)NP(=O)(COC(C)Cn1cnc2c(N)ncnc21)NC(=O)c1ccncn1. The monoisotopic (exact) mass is 519 g/mol. The standard InChI is InChI=1S/C21H30N9O5P/c1-13(2)35-20(32)21(4,5)29-36(33,28-19(31)15-6-7-23-9-24-15)12-34-14(3)8-30-11-27-16-17(22)25-10-26-18(16)30/h6-7,9-11,13-14H,8,12H2,1-5H3,(H2,22,25,26)(H2,28,29,31,33). The summed E-state index contributed by atoms with van der Waals surface area (Å²) in [6, 6.07) is 1.37. The van der Waals surface area contributed by atoms with Crippen molar-refractivity contribution in [3.63, 3.8) is 0 Å². The van der Waals surface area contributed by atoms with E-state index >= 15 is 0 Å². The molecule has 4 N–H and O–H groups in total. The van der Waals surface area contributed by atoms with Gasteiger partial charge in [-0.15, -0.1) is 0 Å². The van der Waals surface area contributed by atoms with Gasteiger partial charge in [-0.05, 0) is 40.7 Å². The summed E-state index contributed by atoms with van der Waals surface area (Å²) < 4.78 is 26.7. The van der Waals surface area contributed by atoms with Crippen molar-refractivity contribution < 1.29 is 23.6 Å². The zero-order valence-corrected chi connectivity index (χ0v) is 21.6. The second-order valence-corrected chi connectivity index (χ2v) is 11.1. The summed E-state index contributed by atoms with van der Waals surface area (Å²) in [4.78, 5) is 45.3. The van der Waals surface area contributed by atoms with Gasteiger partial charge >= 0.3 is 5.97 Å². The van der Waals surface area contributed by atoms with Gasteiger partial charge in [0.2, 0.25) is 0 Å². The Morgan fingerprint density at radius 3 is 2.58 bits per heavy atom. The zero-order chi connectivity index (χ0) is 26.5. The average molecular weight is 520 g/mol. The van der Waals surface area contributed by atoms with Crippen molar-refractivity contribution in [2.45, 2.75) is 58.9 Å². The van der Waals surface area contributed by atoms with E-state index < -0.39 is 37.3 Å². The van der Waals surface area contributed by atoms with Gasteiger partial charge < -0.3 is 19.8 Å². The molecule has 0 saturated carbocycles. The number of rotatable bonds is 11. The maximum absolute atomic E-state index is 13.9. The number of ether oxygens (including phenoxy) is 2. The summed E-state index contributed by atoms with van der Waals surface area (Å²) >= 11 is 0. The topological polar surface area (TPSA) is 189 Å². The van der Waals surface area contributed by atoms with Crippen LogP contribution in [0.2, 0.25) is 0 Å². The van der Waals surface area contributed by atoms with E-state index in [1.165, 1.54) is 38.8 Å². The lowest BCUT2D eigenvalue weighted by Crippen LogP contribution is -2.49. The van der Waals surface area contributed by atoms with Crippen LogP contribution in [0.5, 0.6) is 0 Å². The molecule has 2 unspecified atom stereocenters. The third kappa shape index (κ3) is 6.80. The minimum Gasteiger partial charge on any atom is -0.462 e. The van der Waals surface area contributed by atoms with Crippen LogP contribution in [-0.2, 0) is 25.4 Å². The lowest BCUT2D eigenvalue weighted by Gasteiger charge is -2.31. The van der Waals surface area contributed by atoms with Crippen molar-refractivity contribution in [3.8, 4) is 0 Å². The number of nitrogen functional groups attached to an aromatic ring is 1. The molecule has 0 saturated heterocycles. The molecule has 0 spiro atoms. The second kappa shape index (κ2) is 11.1. The first kappa shape index (κ1) is 27.1. The molecule has 0 aliphatic rings. The summed E-state index contributed by atoms with van der Waals surface area (Å²) in [6.45, 7) is 8.47. The number of hydrogen-bond donors (Lipinski definition) is 3. The quantitative estimate of drug-likeness (QED) is 0.245. The Hall–Kier alpha value is -3.48. The van der Waals surface area contributed by atoms with Gasteiger partial charge in [-0.2, -0.15) is 0 Å². The summed E-state index contributed by atoms with van der Waals surface area (Å²) in [7, 11) is -3.86. The van der Waals surface area contributed by atoms with Crippen molar-refractivity contribution in [3.05, 3.63) is 36.9 Å². The van der Waals surface area contributed by atoms with Crippen LogP contribution < -0.4 is 15.9 Å². The second-order valence-electron chi connectivity index (χ2n) is 8.90. The predicted octanol–water partition coefficient (Wildman–Crippen LogP) is 1.50. The van der Waals surface area contributed by atoms with E-state index in [0.717, 1.165) is 0 Å². The van der Waals surface area contributed by atoms with Gasteiger partial charge in [0.1, 0.15) is 35.8 Å². The number of aromatic nitrogens is 6. The number of amides is 1. The van der Waals surface area contributed by atoms with E-state index in [2.05, 4.69) is 35.1 Å². The summed E-state index contributed by atoms with van der Waals surface area (Å²) in [5, 5.41) is 5.20. The Morgan fingerprint density at radius 2 is 1.92 bits per heavy atom. The predicted molar refractivity (Wildman–Crippen MR) is 131 cm³/mol. The highest BCUT2D eigenvalue weighted by molar-refractivity contribution is 7.60. The van der Waals surface area contributed by atoms with Gasteiger partial charge in [0, 0.05) is 6.20 Å². The van der Waals surface area contributed by atoms with E-state index in [0.29, 0.717) is 17.7 Å². The Labute approximate surface area is 207 Å². The molecular formula is C21H30N9O5P. The van der Waals surface area contributed by atoms with Crippen molar-refractivity contribution in [2.24, 2.45) is 0 Å². The molecule has 0 bridgehead atoms. The zero-order valence-electron chi connectivity index (χ0n) is 20.7. The summed E-state index contributed by atoms with van der Waals surface area (Å²) in [5.41, 5.74) is 5.42. The lowest BCUT2D eigenvalue weighted by atomic mass is 10.1. The molecule has 3 aromatic heterocycles. The Kier molecular flexibility index (Phi) is 8.33. The molecule has 3 heterocycles. The molecule has 14 nitrogen and oxygen atoms in total. The van der Waals surface area contributed by atoms with Gasteiger partial charge in [0.25, 0.3) is 13.4 Å². The highest BCUT2D eigenvalue weighted by atomic mass is 31.2. The lowest BCUT2D eigenvalue weighted by molar-refractivity contribution is -0.153. The van der Waals surface area contributed by atoms with Gasteiger partial charge in [-0.1, -0.05) is 0 Å². The number of hydrogen-bond acceptors (Lipinski definition) is 11. The van der Waals surface area contributed by atoms with E-state index in [1.807, 2.05) is 0 Å². The normalized spacial score (nSPS) is 14.4. The van der Waals surface area contributed by atoms with Crippen molar-refractivity contribution in [1.29, 1.82) is 0 Å². The van der Waals surface area contributed by atoms with E-state index in [4.69, 9.17) is 15.2 Å². The van der Waals surface area contributed by atoms with Crippen LogP contribution in [0.4, 0.5) is 5.82 Å². The van der Waals surface area contributed by atoms with E-state index in [9.17, 15) is 14.2 Å². The van der Waals surface area contributed by atoms with Crippen LogP contribution in [0.15, 0.2) is 31.2 Å². The first-order chi connectivity index (χ1) is 16.9. The van der Waals surface area contributed by atoms with Crippen molar-refractivity contribution in [1.82, 2.24) is 39.7 Å². The molecule has 0 aromatic carbocycles. The molecule has 0 aliphatic heterocycles. The third-order valence-corrected chi connectivity index (χ3v) is 6.83. The van der Waals surface area contributed by atoms with Crippen LogP contribution in [0.3, 0.4) is 0 Å². The van der Waals surface area contributed by atoms with Gasteiger partial charge in [-0.3, -0.25) is 19.2 Å². The molecule has 3 rings (SSSR count). The minimum absolute atomic E-state index is 0.00444. The van der Waals surface area contributed by atoms with E-state index in [1.54, 1.807) is 31.7 Å². The average Bonchev–Trinajstić information content (AvgIpc) is 3.21. The van der Waals surface area contributed by atoms with Crippen molar-refractivity contribution in [2.75, 3.05) is 12.1 Å². The number of nitrogens with zero attached hydrogens (tertiary/aromatic N) is 6. The Balaban J connectivity index is 1.76. The summed E-state index contributed by atoms with van der Waals surface area (Å²) in [6.07, 6.45) is 4.17. The Bertz CT molecular complexity index is 1270. The van der Waals surface area contributed by atoms with Crippen LogP contribution in [0.25, 0.3) is 11.2 Å². The fraction of sp³-hybridized carbons (Fsp3) is 0.476. The van der Waals surface area contributed by atoms with Crippen LogP contribution in [-0.4, -0.2) is 65.5 Å². The number of esters is 1. The molecule has 15 heteroatoms. The molecule has 2 atom stereocenters. The number of carbonyl (C=O) groups is 2. The highest BCUT2D eigenvalue weighted by Crippen LogP contribution is 2.40. The maximum atomic E-state index is 13.9. The fourth-order valence-corrected chi connectivity index (χ4v) is 5.28. The first-order valence-corrected chi connectivity index (χ1v) is 13.0. The van der Waals surface area contributed by atoms with Gasteiger partial charge in [-0.25, -0.2) is 30.0 Å². The van der Waals surface area contributed by atoms with Gasteiger partial charge in [0.05, 0.1) is 25.1 Å². The molecule has 0 fully saturated rings. The molecule has 36 heavy (non-hydrogen) atoms. The number of fused-ring (bicyclic) bond motifs is 1. The van der Waals surface area contributed by atoms with Crippen molar-refractivity contribution >= 4 is 36.3 Å². The molecule has 194 valence electrons. The first-order valence-electron chi connectivity index (χ1n) is 11.1. The smallest absolute Gasteiger partial charge is 0.326 e. The number of carbonyl (C=O) groups excluding carboxylic acids is 2.